The molecule has 10 heteroatoms. The molecular weight excluding hydrogens is 292 g/mol. The van der Waals surface area contributed by atoms with E-state index < -0.39 is 35.3 Å². The zero-order chi connectivity index (χ0) is 15.1. The van der Waals surface area contributed by atoms with Crippen molar-refractivity contribution in [3.05, 3.63) is 23.8 Å². The fourth-order valence-corrected chi connectivity index (χ4v) is 1.50. The van der Waals surface area contributed by atoms with Gasteiger partial charge in [-0.2, -0.15) is 26.3 Å². The summed E-state index contributed by atoms with van der Waals surface area (Å²) in [7, 11) is 0. The maximum Gasteiger partial charge on any atom is 0.471 e. The number of fused-ring (bicyclic) bond motifs is 1. The number of carbonyl (C=O) groups excluding carboxylic acids is 1. The average molecular weight is 297 g/mol. The molecule has 1 amide bonds. The molecule has 0 spiro atoms. The van der Waals surface area contributed by atoms with E-state index in [9.17, 15) is 31.1 Å². The van der Waals surface area contributed by atoms with E-state index in [2.05, 4.69) is 9.97 Å². The van der Waals surface area contributed by atoms with E-state index in [1.165, 1.54) is 11.4 Å². The van der Waals surface area contributed by atoms with Gasteiger partial charge in [-0.3, -0.25) is 10.1 Å². The van der Waals surface area contributed by atoms with Crippen molar-refractivity contribution >= 4 is 22.9 Å². The van der Waals surface area contributed by atoms with Gasteiger partial charge in [0.05, 0.1) is 11.1 Å². The summed E-state index contributed by atoms with van der Waals surface area (Å²) in [6.45, 7) is 0. The maximum absolute atomic E-state index is 12.7. The minimum absolute atomic E-state index is 0.141. The molecule has 108 valence electrons. The normalized spacial score (nSPS) is 12.7. The van der Waals surface area contributed by atoms with Gasteiger partial charge in [-0.25, -0.2) is 4.98 Å². The lowest BCUT2D eigenvalue weighted by atomic mass is 10.2. The number of benzene rings is 1. The molecule has 0 unspecified atom stereocenters. The number of alkyl halides is 6. The molecule has 1 aromatic carbocycles. The van der Waals surface area contributed by atoms with E-state index in [-0.39, 0.29) is 5.52 Å². The van der Waals surface area contributed by atoms with Crippen LogP contribution in [0.3, 0.4) is 0 Å². The predicted molar refractivity (Wildman–Crippen MR) is 55.8 cm³/mol. The van der Waals surface area contributed by atoms with E-state index in [1.54, 1.807) is 0 Å². The molecule has 0 aliphatic rings. The van der Waals surface area contributed by atoms with Crippen molar-refractivity contribution in [2.75, 3.05) is 5.32 Å². The van der Waals surface area contributed by atoms with Crippen LogP contribution in [-0.4, -0.2) is 22.1 Å². The molecule has 1 heterocycles. The highest BCUT2D eigenvalue weighted by Crippen LogP contribution is 2.34. The standard InChI is InChI=1S/C10H5F6N3O/c11-9(12,13)4-2-1-3-5-6(4)18-8(17-5)19-7(20)10(14,15)16/h1-3H,(H2,17,18,19,20). The van der Waals surface area contributed by atoms with Crippen LogP contribution in [0.4, 0.5) is 32.3 Å². The Morgan fingerprint density at radius 1 is 1.15 bits per heavy atom. The largest absolute Gasteiger partial charge is 0.471 e. The van der Waals surface area contributed by atoms with Crippen molar-refractivity contribution in [3.63, 3.8) is 0 Å². The Bertz CT molecular complexity index is 657. The molecule has 0 bridgehead atoms. The number of rotatable bonds is 1. The Labute approximate surface area is 106 Å². The minimum Gasteiger partial charge on any atom is -0.324 e. The summed E-state index contributed by atoms with van der Waals surface area (Å²) < 4.78 is 74.0. The number of nitrogens with one attached hydrogen (secondary N) is 2. The van der Waals surface area contributed by atoms with Crippen LogP contribution < -0.4 is 5.32 Å². The summed E-state index contributed by atoms with van der Waals surface area (Å²) >= 11 is 0. The van der Waals surface area contributed by atoms with Crippen molar-refractivity contribution in [2.45, 2.75) is 12.4 Å². The fraction of sp³-hybridized carbons (Fsp3) is 0.200. The highest BCUT2D eigenvalue weighted by atomic mass is 19.4. The van der Waals surface area contributed by atoms with E-state index in [0.29, 0.717) is 0 Å². The summed E-state index contributed by atoms with van der Waals surface area (Å²) in [6, 6.07) is 3.00. The summed E-state index contributed by atoms with van der Waals surface area (Å²) in [5.41, 5.74) is -1.83. The van der Waals surface area contributed by atoms with Crippen LogP contribution >= 0.6 is 0 Å². The second-order valence-corrected chi connectivity index (χ2v) is 3.74. The van der Waals surface area contributed by atoms with Crippen LogP contribution in [0.1, 0.15) is 5.56 Å². The highest BCUT2D eigenvalue weighted by Gasteiger charge is 2.39. The molecule has 0 fully saturated rings. The number of hydrogen-bond donors (Lipinski definition) is 2. The number of para-hydroxylation sites is 1. The average Bonchev–Trinajstić information content (AvgIpc) is 2.67. The number of imidazole rings is 1. The second kappa shape index (κ2) is 4.39. The first kappa shape index (κ1) is 14.2. The Hall–Kier alpha value is -2.26. The molecular formula is C10H5F6N3O. The number of nitrogens with zero attached hydrogens (tertiary/aromatic N) is 1. The van der Waals surface area contributed by atoms with Gasteiger partial charge in [0.15, 0.2) is 0 Å². The molecule has 0 aliphatic heterocycles. The van der Waals surface area contributed by atoms with Crippen LogP contribution in [-0.2, 0) is 11.0 Å². The zero-order valence-electron chi connectivity index (χ0n) is 9.36. The Kier molecular flexibility index (Phi) is 3.11. The summed E-state index contributed by atoms with van der Waals surface area (Å²) in [4.78, 5) is 16.2. The predicted octanol–water partition coefficient (Wildman–Crippen LogP) is 3.08. The SMILES string of the molecule is O=C(Nc1nc2c(C(F)(F)F)cccc2[nH]1)C(F)(F)F. The smallest absolute Gasteiger partial charge is 0.324 e. The van der Waals surface area contributed by atoms with Crippen molar-refractivity contribution in [1.82, 2.24) is 9.97 Å². The van der Waals surface area contributed by atoms with Gasteiger partial charge in [0.25, 0.3) is 0 Å². The van der Waals surface area contributed by atoms with E-state index in [1.807, 2.05) is 0 Å². The van der Waals surface area contributed by atoms with Gasteiger partial charge in [-0.1, -0.05) is 6.07 Å². The molecule has 20 heavy (non-hydrogen) atoms. The molecule has 0 saturated carbocycles. The Morgan fingerprint density at radius 3 is 2.35 bits per heavy atom. The van der Waals surface area contributed by atoms with Gasteiger partial charge >= 0.3 is 18.3 Å². The first-order chi connectivity index (χ1) is 9.09. The number of aromatic amines is 1. The summed E-state index contributed by atoms with van der Waals surface area (Å²) in [6.07, 6.45) is -9.87. The van der Waals surface area contributed by atoms with Crippen LogP contribution in [0.15, 0.2) is 18.2 Å². The van der Waals surface area contributed by atoms with Crippen LogP contribution in [0, 0.1) is 0 Å². The third kappa shape index (κ3) is 2.68. The topological polar surface area (TPSA) is 57.8 Å². The number of carbonyl (C=O) groups is 1. The second-order valence-electron chi connectivity index (χ2n) is 3.74. The molecule has 2 N–H and O–H groups in total. The fourth-order valence-electron chi connectivity index (χ4n) is 1.50. The molecule has 0 radical (unpaired) electrons. The Morgan fingerprint density at radius 2 is 1.80 bits per heavy atom. The number of aromatic nitrogens is 2. The number of H-pyrrole nitrogens is 1. The third-order valence-electron chi connectivity index (χ3n) is 2.31. The lowest BCUT2D eigenvalue weighted by Gasteiger charge is -2.06. The lowest BCUT2D eigenvalue weighted by molar-refractivity contribution is -0.167. The van der Waals surface area contributed by atoms with E-state index in [4.69, 9.17) is 0 Å². The zero-order valence-corrected chi connectivity index (χ0v) is 9.36. The first-order valence-corrected chi connectivity index (χ1v) is 5.03. The highest BCUT2D eigenvalue weighted by molar-refractivity contribution is 5.95. The van der Waals surface area contributed by atoms with Gasteiger partial charge in [-0.05, 0) is 12.1 Å². The van der Waals surface area contributed by atoms with Crippen molar-refractivity contribution in [1.29, 1.82) is 0 Å². The molecule has 4 nitrogen and oxygen atoms in total. The van der Waals surface area contributed by atoms with Gasteiger partial charge in [-0.15, -0.1) is 0 Å². The summed E-state index contributed by atoms with van der Waals surface area (Å²) in [5, 5.41) is 1.35. The number of halogens is 6. The van der Waals surface area contributed by atoms with Crippen LogP contribution in [0.5, 0.6) is 0 Å². The number of anilines is 1. The Balaban J connectivity index is 2.42. The van der Waals surface area contributed by atoms with Crippen molar-refractivity contribution < 1.29 is 31.1 Å². The molecule has 0 saturated heterocycles. The first-order valence-electron chi connectivity index (χ1n) is 5.03. The molecule has 0 aliphatic carbocycles. The van der Waals surface area contributed by atoms with Crippen molar-refractivity contribution in [3.8, 4) is 0 Å². The van der Waals surface area contributed by atoms with Crippen LogP contribution in [0.2, 0.25) is 0 Å². The van der Waals surface area contributed by atoms with Gasteiger partial charge in [0.2, 0.25) is 5.95 Å². The number of hydrogen-bond acceptors (Lipinski definition) is 2. The third-order valence-corrected chi connectivity index (χ3v) is 2.31. The molecule has 0 atom stereocenters. The van der Waals surface area contributed by atoms with Crippen LogP contribution in [0.25, 0.3) is 11.0 Å². The summed E-state index contributed by atoms with van der Waals surface area (Å²) in [5.74, 6) is -3.04. The maximum atomic E-state index is 12.7. The quantitative estimate of drug-likeness (QED) is 0.795. The van der Waals surface area contributed by atoms with Gasteiger partial charge < -0.3 is 4.98 Å². The van der Waals surface area contributed by atoms with E-state index in [0.717, 1.165) is 12.1 Å². The number of amides is 1. The monoisotopic (exact) mass is 297 g/mol. The van der Waals surface area contributed by atoms with Gasteiger partial charge in [0.1, 0.15) is 5.52 Å². The molecule has 2 rings (SSSR count). The lowest BCUT2D eigenvalue weighted by Crippen LogP contribution is -2.30. The van der Waals surface area contributed by atoms with Gasteiger partial charge in [0, 0.05) is 0 Å². The molecule has 2 aromatic rings. The van der Waals surface area contributed by atoms with Crippen molar-refractivity contribution in [2.24, 2.45) is 0 Å². The minimum atomic E-state index is -5.16. The molecule has 1 aromatic heterocycles. The van der Waals surface area contributed by atoms with E-state index >= 15 is 0 Å².